The summed E-state index contributed by atoms with van der Waals surface area (Å²) in [6.45, 7) is 0. The van der Waals surface area contributed by atoms with E-state index in [0.29, 0.717) is 11.3 Å². The maximum atomic E-state index is 11.6. The lowest BCUT2D eigenvalue weighted by molar-refractivity contribution is 0.1000. The van der Waals surface area contributed by atoms with Crippen LogP contribution in [-0.2, 0) is 0 Å². The largest absolute Gasteiger partial charge is 0.366 e. The Balaban J connectivity index is 2.30. The van der Waals surface area contributed by atoms with E-state index in [0.717, 1.165) is 11.3 Å². The summed E-state index contributed by atoms with van der Waals surface area (Å²) in [5.41, 5.74) is 7.91. The molecule has 0 aliphatic carbocycles. The molecule has 1 aromatic carbocycles. The summed E-state index contributed by atoms with van der Waals surface area (Å²) >= 11 is 0. The Morgan fingerprint density at radius 3 is 2.65 bits per heavy atom. The minimum atomic E-state index is -0.520. The molecule has 0 unspecified atom stereocenters. The summed E-state index contributed by atoms with van der Waals surface area (Å²) in [5, 5.41) is 7.72. The molecule has 0 radical (unpaired) electrons. The van der Waals surface area contributed by atoms with E-state index < -0.39 is 5.91 Å². The third-order valence-electron chi connectivity index (χ3n) is 2.89. The monoisotopic (exact) mass is 265 g/mol. The average molecular weight is 265 g/mol. The fraction of sp³-hybridized carbons (Fsp3) is 0. The summed E-state index contributed by atoms with van der Waals surface area (Å²) < 4.78 is 1.52. The lowest BCUT2D eigenvalue weighted by Gasteiger charge is -2.12. The second-order valence-corrected chi connectivity index (χ2v) is 4.13. The van der Waals surface area contributed by atoms with Crippen LogP contribution in [0, 0.1) is 0 Å². The van der Waals surface area contributed by atoms with E-state index in [1.54, 1.807) is 30.7 Å². The van der Waals surface area contributed by atoms with E-state index in [1.807, 2.05) is 24.3 Å². The number of benzene rings is 1. The van der Waals surface area contributed by atoms with Crippen molar-refractivity contribution in [3.63, 3.8) is 0 Å². The highest BCUT2D eigenvalue weighted by Gasteiger charge is 2.16. The molecule has 0 saturated carbocycles. The van der Waals surface area contributed by atoms with E-state index in [1.165, 1.54) is 4.68 Å². The molecule has 6 nitrogen and oxygen atoms in total. The van der Waals surface area contributed by atoms with Gasteiger partial charge in [-0.2, -0.15) is 0 Å². The Morgan fingerprint density at radius 1 is 1.10 bits per heavy atom. The number of para-hydroxylation sites is 1. The maximum absolute atomic E-state index is 11.6. The SMILES string of the molecule is NC(=O)c1cccc(-c2ccccn2)c1-n1ccnn1. The first-order valence-corrected chi connectivity index (χ1v) is 5.98. The molecular weight excluding hydrogens is 254 g/mol. The summed E-state index contributed by atoms with van der Waals surface area (Å²) in [6, 6.07) is 10.9. The Labute approximate surface area is 114 Å². The third kappa shape index (κ3) is 2.03. The van der Waals surface area contributed by atoms with Crippen LogP contribution in [0.5, 0.6) is 0 Å². The molecule has 1 amide bonds. The van der Waals surface area contributed by atoms with E-state index in [-0.39, 0.29) is 0 Å². The number of nitrogens with two attached hydrogens (primary N) is 1. The molecule has 20 heavy (non-hydrogen) atoms. The van der Waals surface area contributed by atoms with Gasteiger partial charge in [0.1, 0.15) is 0 Å². The zero-order valence-electron chi connectivity index (χ0n) is 10.5. The predicted molar refractivity (Wildman–Crippen MR) is 73.1 cm³/mol. The van der Waals surface area contributed by atoms with Gasteiger partial charge in [0.2, 0.25) is 0 Å². The topological polar surface area (TPSA) is 86.7 Å². The van der Waals surface area contributed by atoms with Gasteiger partial charge >= 0.3 is 0 Å². The molecule has 0 saturated heterocycles. The first kappa shape index (κ1) is 12.0. The first-order valence-electron chi connectivity index (χ1n) is 5.98. The molecule has 0 aliphatic heterocycles. The molecule has 2 aromatic heterocycles. The van der Waals surface area contributed by atoms with Crippen molar-refractivity contribution < 1.29 is 4.79 Å². The van der Waals surface area contributed by atoms with Gasteiger partial charge in [-0.25, -0.2) is 4.68 Å². The van der Waals surface area contributed by atoms with Gasteiger partial charge in [-0.3, -0.25) is 9.78 Å². The Bertz CT molecular complexity index is 738. The van der Waals surface area contributed by atoms with Gasteiger partial charge in [-0.15, -0.1) is 5.10 Å². The number of hydrogen-bond donors (Lipinski definition) is 1. The molecule has 98 valence electrons. The molecule has 0 atom stereocenters. The summed E-state index contributed by atoms with van der Waals surface area (Å²) in [4.78, 5) is 15.9. The van der Waals surface area contributed by atoms with Crippen LogP contribution >= 0.6 is 0 Å². The molecule has 0 aliphatic rings. The van der Waals surface area contributed by atoms with E-state index >= 15 is 0 Å². The fourth-order valence-electron chi connectivity index (χ4n) is 2.05. The zero-order chi connectivity index (χ0) is 13.9. The van der Waals surface area contributed by atoms with Gasteiger partial charge in [0.15, 0.2) is 0 Å². The molecule has 2 heterocycles. The lowest BCUT2D eigenvalue weighted by Crippen LogP contribution is -2.16. The number of pyridine rings is 1. The number of amides is 1. The minimum Gasteiger partial charge on any atom is -0.366 e. The zero-order valence-corrected chi connectivity index (χ0v) is 10.5. The average Bonchev–Trinajstić information content (AvgIpc) is 3.01. The van der Waals surface area contributed by atoms with Crippen molar-refractivity contribution in [2.45, 2.75) is 0 Å². The van der Waals surface area contributed by atoms with Crippen LogP contribution < -0.4 is 5.73 Å². The Morgan fingerprint density at radius 2 is 2.00 bits per heavy atom. The van der Waals surface area contributed by atoms with Gasteiger partial charge in [-0.1, -0.05) is 23.4 Å². The Kier molecular flexibility index (Phi) is 2.96. The number of aromatic nitrogens is 4. The number of carbonyl (C=O) groups is 1. The molecule has 0 spiro atoms. The van der Waals surface area contributed by atoms with Gasteiger partial charge in [0.05, 0.1) is 29.3 Å². The number of hydrogen-bond acceptors (Lipinski definition) is 4. The second kappa shape index (κ2) is 4.93. The number of carbonyl (C=O) groups excluding carboxylic acids is 1. The summed E-state index contributed by atoms with van der Waals surface area (Å²) in [6.07, 6.45) is 4.89. The van der Waals surface area contributed by atoms with E-state index in [9.17, 15) is 4.79 Å². The quantitative estimate of drug-likeness (QED) is 0.776. The number of primary amides is 1. The highest BCUT2D eigenvalue weighted by atomic mass is 16.1. The highest BCUT2D eigenvalue weighted by Crippen LogP contribution is 2.27. The van der Waals surface area contributed by atoms with E-state index in [2.05, 4.69) is 15.3 Å². The number of nitrogens with zero attached hydrogens (tertiary/aromatic N) is 4. The van der Waals surface area contributed by atoms with Crippen molar-refractivity contribution in [3.05, 3.63) is 60.6 Å². The molecule has 0 fully saturated rings. The van der Waals surface area contributed by atoms with Crippen LogP contribution in [0.15, 0.2) is 55.0 Å². The predicted octanol–water partition coefficient (Wildman–Crippen LogP) is 1.43. The van der Waals surface area contributed by atoms with Crippen LogP contribution in [0.2, 0.25) is 0 Å². The molecule has 2 N–H and O–H groups in total. The van der Waals surface area contributed by atoms with Crippen LogP contribution in [0.3, 0.4) is 0 Å². The summed E-state index contributed by atoms with van der Waals surface area (Å²) in [7, 11) is 0. The van der Waals surface area contributed by atoms with Crippen molar-refractivity contribution in [1.29, 1.82) is 0 Å². The van der Waals surface area contributed by atoms with Crippen molar-refractivity contribution in [3.8, 4) is 16.9 Å². The maximum Gasteiger partial charge on any atom is 0.250 e. The Hall–Kier alpha value is -3.02. The number of rotatable bonds is 3. The standard InChI is InChI=1S/C14H11N5O/c15-14(20)11-5-3-4-10(12-6-1-2-7-16-12)13(11)19-9-8-17-18-19/h1-9H,(H2,15,20). The molecule has 6 heteroatoms. The fourth-order valence-corrected chi connectivity index (χ4v) is 2.05. The van der Waals surface area contributed by atoms with Gasteiger partial charge < -0.3 is 5.73 Å². The van der Waals surface area contributed by atoms with Crippen LogP contribution in [0.4, 0.5) is 0 Å². The normalized spacial score (nSPS) is 10.4. The van der Waals surface area contributed by atoms with Gasteiger partial charge in [0, 0.05) is 11.8 Å². The van der Waals surface area contributed by atoms with Crippen LogP contribution in [0.1, 0.15) is 10.4 Å². The van der Waals surface area contributed by atoms with Crippen molar-refractivity contribution in [2.75, 3.05) is 0 Å². The van der Waals surface area contributed by atoms with Crippen LogP contribution in [0.25, 0.3) is 16.9 Å². The third-order valence-corrected chi connectivity index (χ3v) is 2.89. The molecular formula is C14H11N5O. The van der Waals surface area contributed by atoms with Gasteiger partial charge in [0.25, 0.3) is 5.91 Å². The van der Waals surface area contributed by atoms with Crippen molar-refractivity contribution in [2.24, 2.45) is 5.73 Å². The summed E-state index contributed by atoms with van der Waals surface area (Å²) in [5.74, 6) is -0.520. The van der Waals surface area contributed by atoms with Crippen LogP contribution in [-0.4, -0.2) is 25.9 Å². The molecule has 3 rings (SSSR count). The molecule has 0 bridgehead atoms. The smallest absolute Gasteiger partial charge is 0.250 e. The highest BCUT2D eigenvalue weighted by molar-refractivity contribution is 5.99. The van der Waals surface area contributed by atoms with Gasteiger partial charge in [-0.05, 0) is 18.2 Å². The second-order valence-electron chi connectivity index (χ2n) is 4.13. The van der Waals surface area contributed by atoms with Crippen molar-refractivity contribution >= 4 is 5.91 Å². The van der Waals surface area contributed by atoms with Crippen molar-refractivity contribution in [1.82, 2.24) is 20.0 Å². The molecule has 3 aromatic rings. The first-order chi connectivity index (χ1) is 9.77. The minimum absolute atomic E-state index is 0.374. The van der Waals surface area contributed by atoms with E-state index in [4.69, 9.17) is 5.73 Å². The lowest BCUT2D eigenvalue weighted by atomic mass is 10.0.